The van der Waals surface area contributed by atoms with Gasteiger partial charge in [0.1, 0.15) is 5.78 Å². The van der Waals surface area contributed by atoms with E-state index in [9.17, 15) is 65.5 Å². The summed E-state index contributed by atoms with van der Waals surface area (Å²) < 4.78 is 63.8. The van der Waals surface area contributed by atoms with E-state index in [1.54, 1.807) is 0 Å². The van der Waals surface area contributed by atoms with Gasteiger partial charge in [0.2, 0.25) is 0 Å². The van der Waals surface area contributed by atoms with E-state index in [1.807, 2.05) is 0 Å². The molecule has 0 aliphatic heterocycles. The fraction of sp³-hybridized carbons (Fsp3) is 0.737. The highest BCUT2D eigenvalue weighted by Gasteiger charge is 2.68. The van der Waals surface area contributed by atoms with Gasteiger partial charge in [-0.3, -0.25) is 47.9 Å². The van der Waals surface area contributed by atoms with Crippen molar-refractivity contribution in [2.75, 3.05) is 21.3 Å². The second kappa shape index (κ2) is 15.6. The Bertz CT molecular complexity index is 1670. The number of carbonyl (C=O) groups is 10. The predicted molar refractivity (Wildman–Crippen MR) is 176 cm³/mol. The lowest BCUT2D eigenvalue weighted by Crippen LogP contribution is -2.18. The zero-order valence-electron chi connectivity index (χ0n) is 30.9. The first-order chi connectivity index (χ1) is 26.8. The van der Waals surface area contributed by atoms with Crippen LogP contribution < -0.4 is 0 Å². The summed E-state index contributed by atoms with van der Waals surface area (Å²) in [6, 6.07) is 0. The third kappa shape index (κ3) is 7.62. The van der Waals surface area contributed by atoms with Crippen LogP contribution in [-0.4, -0.2) is 115 Å². The van der Waals surface area contributed by atoms with Crippen LogP contribution in [0.15, 0.2) is 0 Å². The number of aliphatic carboxylic acids is 2. The van der Waals surface area contributed by atoms with Crippen LogP contribution in [0.1, 0.15) is 38.5 Å². The number of Topliss-reactive ketones (excluding diaryl/α,β-unsaturated/α-hetero) is 5. The number of esters is 3. The third-order valence-electron chi connectivity index (χ3n) is 13.4. The molecule has 0 amide bonds. The summed E-state index contributed by atoms with van der Waals surface area (Å²) in [6.45, 7) is 0. The lowest BCUT2D eigenvalue weighted by molar-refractivity contribution is -0.145. The summed E-state index contributed by atoms with van der Waals surface area (Å²) in [5.41, 5.74) is 0. The van der Waals surface area contributed by atoms with Crippen molar-refractivity contribution < 1.29 is 89.9 Å². The predicted octanol–water partition coefficient (Wildman–Crippen LogP) is 1.54. The van der Waals surface area contributed by atoms with Crippen LogP contribution in [0.5, 0.6) is 0 Å². The Morgan fingerprint density at radius 1 is 0.456 bits per heavy atom. The van der Waals surface area contributed by atoms with E-state index in [2.05, 4.69) is 14.2 Å². The van der Waals surface area contributed by atoms with Gasteiger partial charge in [0.15, 0.2) is 47.8 Å². The van der Waals surface area contributed by atoms with E-state index < -0.39 is 83.4 Å². The third-order valence-corrected chi connectivity index (χ3v) is 13.4. The number of rotatable bonds is 5. The molecule has 10 fully saturated rings. The number of alkyl halides is 4. The van der Waals surface area contributed by atoms with Crippen LogP contribution in [0.2, 0.25) is 0 Å². The van der Waals surface area contributed by atoms with Crippen LogP contribution in [-0.2, 0) is 62.2 Å². The molecule has 0 spiro atoms. The molecule has 19 unspecified atom stereocenters. The molecule has 0 bridgehead atoms. The van der Waals surface area contributed by atoms with E-state index in [0.717, 1.165) is 6.42 Å². The van der Waals surface area contributed by atoms with Crippen LogP contribution >= 0.6 is 0 Å². The Hall–Kier alpha value is -4.58. The summed E-state index contributed by atoms with van der Waals surface area (Å²) >= 11 is 0. The fourth-order valence-electron chi connectivity index (χ4n) is 10.2. The molecule has 10 aliphatic rings. The lowest BCUT2D eigenvalue weighted by Gasteiger charge is -2.02. The molecule has 10 saturated carbocycles. The number of carbonyl (C=O) groups excluding carboxylic acids is 8. The molecule has 0 saturated heterocycles. The first kappa shape index (κ1) is 42.0. The minimum absolute atomic E-state index is 0.0300. The lowest BCUT2D eigenvalue weighted by atomic mass is 10.1. The number of ether oxygens (including phenoxy) is 3. The maximum Gasteiger partial charge on any atom is 0.309 e. The maximum absolute atomic E-state index is 12.6. The topological polar surface area (TPSA) is 239 Å². The SMILES string of the molecule is COC(=O)C1C2CC(F)C(=O)C21.COC(=O)C1C2CC(F)C(=O)C21.COC(=O)C1C2CCC(=O)C21.O=C(O)C1C2CC(F)C(=O)C21.O=C(O)C1C2CC(F)C(=O)C21. The molecule has 0 aromatic carbocycles. The monoisotopic (exact) mass is 814 g/mol. The number of hydrogen-bond acceptors (Lipinski definition) is 13. The van der Waals surface area contributed by atoms with Gasteiger partial charge in [-0.1, -0.05) is 0 Å². The summed E-state index contributed by atoms with van der Waals surface area (Å²) in [4.78, 5) is 108. The molecule has 0 radical (unpaired) electrons. The van der Waals surface area contributed by atoms with Crippen molar-refractivity contribution in [2.45, 2.75) is 63.2 Å². The number of halogens is 4. The van der Waals surface area contributed by atoms with E-state index >= 15 is 0 Å². The largest absolute Gasteiger partial charge is 0.481 e. The highest BCUT2D eigenvalue weighted by molar-refractivity contribution is 5.99. The number of carboxylic acids is 2. The van der Waals surface area contributed by atoms with Crippen LogP contribution in [0.25, 0.3) is 0 Å². The van der Waals surface area contributed by atoms with Gasteiger partial charge >= 0.3 is 29.8 Å². The van der Waals surface area contributed by atoms with Crippen LogP contribution in [0, 0.1) is 88.8 Å². The molecule has 10 rings (SSSR count). The minimum Gasteiger partial charge on any atom is -0.481 e. The zero-order chi connectivity index (χ0) is 42.1. The second-order valence-corrected chi connectivity index (χ2v) is 16.3. The quantitative estimate of drug-likeness (QED) is 0.227. The highest BCUT2D eigenvalue weighted by Crippen LogP contribution is 2.59. The number of ketones is 5. The van der Waals surface area contributed by atoms with Crippen molar-refractivity contribution in [3.8, 4) is 0 Å². The van der Waals surface area contributed by atoms with Gasteiger partial charge in [-0.05, 0) is 61.7 Å². The first-order valence-corrected chi connectivity index (χ1v) is 18.8. The van der Waals surface area contributed by atoms with Crippen LogP contribution in [0.3, 0.4) is 0 Å². The Morgan fingerprint density at radius 3 is 0.912 bits per heavy atom. The minimum atomic E-state index is -1.39. The summed E-state index contributed by atoms with van der Waals surface area (Å²) in [5, 5.41) is 17.0. The standard InChI is InChI=1S/2C8H9FO3.C8H10O3.2C7H7FO3/c2*1-12-8(11)6-3-2-4(9)7(10)5(3)6;1-11-8(10)7-4-2-3-5(9)6(4)7;2*8-3-1-2-4(6(3)9)5(2)7(10)11/h2*3-6H,2H2,1H3;4,6-7H,2-3H2,1H3;2*2-5H,1H2,(H,10,11). The highest BCUT2D eigenvalue weighted by atomic mass is 19.1. The molecule has 15 nitrogen and oxygen atoms in total. The van der Waals surface area contributed by atoms with Crippen LogP contribution in [0.4, 0.5) is 17.6 Å². The second-order valence-electron chi connectivity index (χ2n) is 16.3. The van der Waals surface area contributed by atoms with Gasteiger partial charge in [-0.25, -0.2) is 17.6 Å². The molecule has 0 aromatic rings. The van der Waals surface area contributed by atoms with Gasteiger partial charge in [-0.2, -0.15) is 0 Å². The Kier molecular flexibility index (Phi) is 11.5. The first-order valence-electron chi connectivity index (χ1n) is 18.8. The van der Waals surface area contributed by atoms with Gasteiger partial charge < -0.3 is 24.4 Å². The summed E-state index contributed by atoms with van der Waals surface area (Å²) in [6.07, 6.45) is -3.21. The Balaban J connectivity index is 0.000000120. The molecular weight excluding hydrogens is 772 g/mol. The molecular formula is C38H42F4O15. The molecule has 312 valence electrons. The molecule has 57 heavy (non-hydrogen) atoms. The smallest absolute Gasteiger partial charge is 0.309 e. The van der Waals surface area contributed by atoms with Crippen molar-refractivity contribution >= 4 is 58.8 Å². The molecule has 19 heteroatoms. The zero-order valence-corrected chi connectivity index (χ0v) is 30.9. The molecule has 0 heterocycles. The normalized spacial score (nSPS) is 44.5. The van der Waals surface area contributed by atoms with E-state index in [1.165, 1.54) is 21.3 Å². The number of carboxylic acid groups (broad SMARTS) is 2. The van der Waals surface area contributed by atoms with Gasteiger partial charge in [0.25, 0.3) is 0 Å². The number of fused-ring (bicyclic) bond motifs is 5. The van der Waals surface area contributed by atoms with Crippen molar-refractivity contribution in [2.24, 2.45) is 88.8 Å². The molecule has 19 atom stereocenters. The fourth-order valence-corrected chi connectivity index (χ4v) is 10.2. The molecule has 10 aliphatic carbocycles. The number of methoxy groups -OCH3 is 3. The van der Waals surface area contributed by atoms with Gasteiger partial charge in [-0.15, -0.1) is 0 Å². The van der Waals surface area contributed by atoms with E-state index in [4.69, 9.17) is 10.2 Å². The van der Waals surface area contributed by atoms with Crippen molar-refractivity contribution in [3.05, 3.63) is 0 Å². The Morgan fingerprint density at radius 2 is 0.719 bits per heavy atom. The summed E-state index contributed by atoms with van der Waals surface area (Å²) in [7, 11) is 3.95. The maximum atomic E-state index is 12.6. The van der Waals surface area contributed by atoms with Crippen molar-refractivity contribution in [1.29, 1.82) is 0 Å². The van der Waals surface area contributed by atoms with Gasteiger partial charge in [0, 0.05) is 36.0 Å². The van der Waals surface area contributed by atoms with Crippen molar-refractivity contribution in [1.82, 2.24) is 0 Å². The number of hydrogen-bond donors (Lipinski definition) is 2. The van der Waals surface area contributed by atoms with Crippen molar-refractivity contribution in [3.63, 3.8) is 0 Å². The summed E-state index contributed by atoms with van der Waals surface area (Å²) in [5.74, 6) is -8.23. The Labute approximate surface area is 321 Å². The average molecular weight is 815 g/mol. The molecule has 0 aromatic heterocycles. The van der Waals surface area contributed by atoms with E-state index in [-0.39, 0.29) is 109 Å². The average Bonchev–Trinajstić information content (AvgIpc) is 4.08. The molecule has 2 N–H and O–H groups in total. The van der Waals surface area contributed by atoms with Gasteiger partial charge in [0.05, 0.1) is 50.9 Å². The van der Waals surface area contributed by atoms with E-state index in [0.29, 0.717) is 12.3 Å².